The normalized spacial score (nSPS) is 21.1. The van der Waals surface area contributed by atoms with E-state index in [2.05, 4.69) is 14.9 Å². The number of sulfonamides is 1. The van der Waals surface area contributed by atoms with Crippen LogP contribution in [0.1, 0.15) is 43.4 Å². The molecule has 6 nitrogen and oxygen atoms in total. The number of halogens is 2. The topological polar surface area (TPSA) is 69.3 Å². The third-order valence-corrected chi connectivity index (χ3v) is 7.56. The molecule has 158 valence electrons. The van der Waals surface area contributed by atoms with Crippen molar-refractivity contribution in [2.45, 2.75) is 57.0 Å². The fourth-order valence-electron chi connectivity index (χ4n) is 4.24. The molecule has 29 heavy (non-hydrogen) atoms. The summed E-state index contributed by atoms with van der Waals surface area (Å²) >= 11 is 0. The van der Waals surface area contributed by atoms with Crippen molar-refractivity contribution in [1.29, 1.82) is 0 Å². The quantitative estimate of drug-likeness (QED) is 0.735. The van der Waals surface area contributed by atoms with Gasteiger partial charge in [-0.25, -0.2) is 13.4 Å². The van der Waals surface area contributed by atoms with Gasteiger partial charge in [0.05, 0.1) is 18.6 Å². The molecule has 1 saturated carbocycles. The summed E-state index contributed by atoms with van der Waals surface area (Å²) in [7, 11) is -4.66. The second-order valence-electron chi connectivity index (χ2n) is 7.96. The number of aromatic nitrogens is 2. The number of benzene rings is 1. The monoisotopic (exact) mass is 424 g/mol. The standard InChI is InChI=1S/C20H26F2N4O2S/c21-20(22)29(27,28)25-11-16-6-1-2-7-19(16)26(12-17-10-23-14-24-17)18(13-25)9-8-15-4-3-5-15/h1-2,6-7,10,14-15,18,20H,3-5,8-9,11-13H2,(H,23,24). The Kier molecular flexibility index (Phi) is 5.87. The fourth-order valence-corrected chi connectivity index (χ4v) is 5.17. The number of alkyl halides is 2. The van der Waals surface area contributed by atoms with Crippen molar-refractivity contribution in [3.8, 4) is 0 Å². The molecule has 1 atom stereocenters. The predicted octanol–water partition coefficient (Wildman–Crippen LogP) is 3.73. The van der Waals surface area contributed by atoms with Gasteiger partial charge in [-0.3, -0.25) is 0 Å². The molecule has 2 aromatic rings. The van der Waals surface area contributed by atoms with E-state index < -0.39 is 15.8 Å². The van der Waals surface area contributed by atoms with Gasteiger partial charge in [0.2, 0.25) is 0 Å². The number of hydrogen-bond donors (Lipinski definition) is 1. The van der Waals surface area contributed by atoms with Gasteiger partial charge in [0.1, 0.15) is 0 Å². The summed E-state index contributed by atoms with van der Waals surface area (Å²) in [5, 5.41) is 0. The minimum atomic E-state index is -4.66. The maximum absolute atomic E-state index is 13.4. The molecule has 1 N–H and O–H groups in total. The van der Waals surface area contributed by atoms with Crippen LogP contribution in [0.25, 0.3) is 0 Å². The molecule has 0 bridgehead atoms. The number of hydrogen-bond acceptors (Lipinski definition) is 4. The molecule has 1 aliphatic carbocycles. The van der Waals surface area contributed by atoms with Crippen LogP contribution in [0.5, 0.6) is 0 Å². The molecule has 2 heterocycles. The van der Waals surface area contributed by atoms with Crippen molar-refractivity contribution >= 4 is 15.7 Å². The molecular weight excluding hydrogens is 398 g/mol. The molecule has 1 aromatic heterocycles. The minimum absolute atomic E-state index is 0.0394. The van der Waals surface area contributed by atoms with Crippen molar-refractivity contribution in [3.05, 3.63) is 48.0 Å². The SMILES string of the molecule is O=S(=O)(C(F)F)N1Cc2ccccc2N(Cc2cnc[nH]2)C(CCC2CCC2)C1. The molecular formula is C20H26F2N4O2S. The van der Waals surface area contributed by atoms with Crippen molar-refractivity contribution in [3.63, 3.8) is 0 Å². The van der Waals surface area contributed by atoms with E-state index in [1.165, 1.54) is 19.3 Å². The number of aromatic amines is 1. The Bertz CT molecular complexity index is 916. The summed E-state index contributed by atoms with van der Waals surface area (Å²) in [4.78, 5) is 9.33. The van der Waals surface area contributed by atoms with Crippen LogP contribution in [0.4, 0.5) is 14.5 Å². The van der Waals surface area contributed by atoms with Gasteiger partial charge in [-0.2, -0.15) is 13.1 Å². The van der Waals surface area contributed by atoms with Gasteiger partial charge in [0.25, 0.3) is 10.0 Å². The second-order valence-corrected chi connectivity index (χ2v) is 9.86. The minimum Gasteiger partial charge on any atom is -0.361 e. The smallest absolute Gasteiger partial charge is 0.350 e. The van der Waals surface area contributed by atoms with Crippen LogP contribution in [0.2, 0.25) is 0 Å². The van der Waals surface area contributed by atoms with E-state index in [0.29, 0.717) is 12.5 Å². The second kappa shape index (κ2) is 8.39. The number of anilines is 1. The van der Waals surface area contributed by atoms with Crippen molar-refractivity contribution in [2.75, 3.05) is 11.4 Å². The third-order valence-electron chi connectivity index (χ3n) is 6.12. The summed E-state index contributed by atoms with van der Waals surface area (Å²) in [5.41, 5.74) is 2.54. The Balaban J connectivity index is 1.69. The molecule has 1 fully saturated rings. The van der Waals surface area contributed by atoms with Crippen molar-refractivity contribution in [1.82, 2.24) is 14.3 Å². The van der Waals surface area contributed by atoms with Gasteiger partial charge in [-0.1, -0.05) is 37.5 Å². The number of para-hydroxylation sites is 1. The number of imidazole rings is 1. The van der Waals surface area contributed by atoms with E-state index in [-0.39, 0.29) is 19.1 Å². The zero-order valence-electron chi connectivity index (χ0n) is 16.2. The zero-order valence-corrected chi connectivity index (χ0v) is 17.0. The van der Waals surface area contributed by atoms with Gasteiger partial charge < -0.3 is 9.88 Å². The molecule has 1 aliphatic heterocycles. The Morgan fingerprint density at radius 1 is 1.21 bits per heavy atom. The lowest BCUT2D eigenvalue weighted by Crippen LogP contribution is -2.45. The first-order valence-corrected chi connectivity index (χ1v) is 11.5. The number of nitrogens with zero attached hydrogens (tertiary/aromatic N) is 3. The van der Waals surface area contributed by atoms with Crippen molar-refractivity contribution < 1.29 is 17.2 Å². The maximum Gasteiger partial charge on any atom is 0.350 e. The Labute approximate surface area is 170 Å². The summed E-state index contributed by atoms with van der Waals surface area (Å²) in [6, 6.07) is 7.29. The van der Waals surface area contributed by atoms with Crippen LogP contribution in [-0.2, 0) is 23.1 Å². The Hall–Kier alpha value is -2.00. The first kappa shape index (κ1) is 20.3. The average Bonchev–Trinajstić information content (AvgIpc) is 3.11. The third kappa shape index (κ3) is 4.30. The van der Waals surface area contributed by atoms with Crippen LogP contribution in [0.15, 0.2) is 36.8 Å². The lowest BCUT2D eigenvalue weighted by atomic mass is 9.81. The predicted molar refractivity (Wildman–Crippen MR) is 107 cm³/mol. The van der Waals surface area contributed by atoms with Crippen LogP contribution >= 0.6 is 0 Å². The summed E-state index contributed by atoms with van der Waals surface area (Å²) in [6.45, 7) is 0.541. The van der Waals surface area contributed by atoms with Crippen LogP contribution in [0.3, 0.4) is 0 Å². The number of fused-ring (bicyclic) bond motifs is 1. The van der Waals surface area contributed by atoms with E-state index >= 15 is 0 Å². The highest BCUT2D eigenvalue weighted by Gasteiger charge is 2.38. The highest BCUT2D eigenvalue weighted by Crippen LogP contribution is 2.36. The average molecular weight is 425 g/mol. The number of rotatable bonds is 7. The largest absolute Gasteiger partial charge is 0.361 e. The molecule has 2 aliphatic rings. The van der Waals surface area contributed by atoms with Gasteiger partial charge >= 0.3 is 5.76 Å². The highest BCUT2D eigenvalue weighted by molar-refractivity contribution is 7.89. The van der Waals surface area contributed by atoms with Crippen LogP contribution < -0.4 is 4.90 Å². The van der Waals surface area contributed by atoms with E-state index in [4.69, 9.17) is 0 Å². The van der Waals surface area contributed by atoms with Gasteiger partial charge in [0, 0.05) is 31.0 Å². The molecule has 0 amide bonds. The van der Waals surface area contributed by atoms with E-state index in [0.717, 1.165) is 34.1 Å². The first-order valence-electron chi connectivity index (χ1n) is 10.0. The fraction of sp³-hybridized carbons (Fsp3) is 0.550. The van der Waals surface area contributed by atoms with E-state index in [9.17, 15) is 17.2 Å². The van der Waals surface area contributed by atoms with Gasteiger partial charge in [-0.15, -0.1) is 0 Å². The molecule has 1 unspecified atom stereocenters. The Morgan fingerprint density at radius 3 is 2.66 bits per heavy atom. The van der Waals surface area contributed by atoms with Gasteiger partial charge in [-0.05, 0) is 30.4 Å². The molecule has 0 saturated heterocycles. The first-order chi connectivity index (χ1) is 13.9. The van der Waals surface area contributed by atoms with E-state index in [1.54, 1.807) is 12.5 Å². The van der Waals surface area contributed by atoms with E-state index in [1.807, 2.05) is 24.3 Å². The molecule has 9 heteroatoms. The number of H-pyrrole nitrogens is 1. The van der Waals surface area contributed by atoms with Gasteiger partial charge in [0.15, 0.2) is 0 Å². The van der Waals surface area contributed by atoms with Crippen LogP contribution in [-0.4, -0.2) is 41.0 Å². The highest BCUT2D eigenvalue weighted by atomic mass is 32.2. The molecule has 1 aromatic carbocycles. The van der Waals surface area contributed by atoms with Crippen LogP contribution in [0, 0.1) is 5.92 Å². The Morgan fingerprint density at radius 2 is 2.00 bits per heavy atom. The zero-order chi connectivity index (χ0) is 20.4. The molecule has 0 radical (unpaired) electrons. The maximum atomic E-state index is 13.4. The number of nitrogens with one attached hydrogen (secondary N) is 1. The molecule has 0 spiro atoms. The summed E-state index contributed by atoms with van der Waals surface area (Å²) in [6.07, 6.45) is 8.73. The molecule has 4 rings (SSSR count). The lowest BCUT2D eigenvalue weighted by molar-refractivity contribution is 0.214. The summed E-state index contributed by atoms with van der Waals surface area (Å²) < 4.78 is 52.4. The summed E-state index contributed by atoms with van der Waals surface area (Å²) in [5.74, 6) is -2.76. The van der Waals surface area contributed by atoms with Crippen molar-refractivity contribution in [2.24, 2.45) is 5.92 Å². The lowest BCUT2D eigenvalue weighted by Gasteiger charge is -2.35.